The van der Waals surface area contributed by atoms with Gasteiger partial charge in [0.1, 0.15) is 0 Å². The molecule has 0 saturated carbocycles. The fraction of sp³-hybridized carbons (Fsp3) is 0.562. The minimum atomic E-state index is -0.306. The number of amides is 1. The minimum absolute atomic E-state index is 0.171. The molecule has 1 aromatic carbocycles. The molecule has 4 heteroatoms. The van der Waals surface area contributed by atoms with Gasteiger partial charge in [-0.2, -0.15) is 0 Å². The quantitative estimate of drug-likeness (QED) is 0.922. The molecule has 1 aromatic rings. The Kier molecular flexibility index (Phi) is 4.88. The first-order valence-electron chi connectivity index (χ1n) is 7.35. The molecular weight excluding hydrogens is 252 g/mol. The lowest BCUT2D eigenvalue weighted by Gasteiger charge is -2.34. The van der Waals surface area contributed by atoms with Crippen molar-refractivity contribution in [2.75, 3.05) is 24.6 Å². The lowest BCUT2D eigenvalue weighted by molar-refractivity contribution is 0.146. The molecule has 1 N–H and O–H groups in total. The molecule has 1 saturated heterocycles. The van der Waals surface area contributed by atoms with Gasteiger partial charge >= 0.3 is 6.09 Å². The standard InChI is InChI=1S/C16H24N2O2/c1-4-20-16(19)17-14-6-5-9-18(11-14)15-8-7-12(2)13(3)10-15/h7-8,10,14H,4-6,9,11H2,1-3H3,(H,17,19). The summed E-state index contributed by atoms with van der Waals surface area (Å²) in [5.41, 5.74) is 3.86. The number of piperidine rings is 1. The Morgan fingerprint density at radius 3 is 2.90 bits per heavy atom. The number of hydrogen-bond donors (Lipinski definition) is 1. The van der Waals surface area contributed by atoms with E-state index in [1.165, 1.54) is 16.8 Å². The van der Waals surface area contributed by atoms with Crippen LogP contribution in [0.15, 0.2) is 18.2 Å². The number of carbonyl (C=O) groups is 1. The van der Waals surface area contributed by atoms with Crippen molar-refractivity contribution in [3.05, 3.63) is 29.3 Å². The van der Waals surface area contributed by atoms with Gasteiger partial charge in [-0.3, -0.25) is 0 Å². The summed E-state index contributed by atoms with van der Waals surface area (Å²) in [5.74, 6) is 0. The zero-order valence-corrected chi connectivity index (χ0v) is 12.6. The highest BCUT2D eigenvalue weighted by molar-refractivity contribution is 5.67. The van der Waals surface area contributed by atoms with Crippen LogP contribution in [0.1, 0.15) is 30.9 Å². The van der Waals surface area contributed by atoms with Crippen LogP contribution in [0, 0.1) is 13.8 Å². The van der Waals surface area contributed by atoms with E-state index in [9.17, 15) is 4.79 Å². The number of alkyl carbamates (subject to hydrolysis) is 1. The molecule has 0 spiro atoms. The molecule has 0 radical (unpaired) electrons. The van der Waals surface area contributed by atoms with Gasteiger partial charge in [0, 0.05) is 24.8 Å². The van der Waals surface area contributed by atoms with E-state index in [1.807, 2.05) is 6.92 Å². The maximum absolute atomic E-state index is 11.5. The van der Waals surface area contributed by atoms with E-state index in [1.54, 1.807) is 0 Å². The number of ether oxygens (including phenoxy) is 1. The third-order valence-corrected chi connectivity index (χ3v) is 3.87. The summed E-state index contributed by atoms with van der Waals surface area (Å²) in [6.45, 7) is 8.39. The highest BCUT2D eigenvalue weighted by Gasteiger charge is 2.22. The maximum Gasteiger partial charge on any atom is 0.407 e. The van der Waals surface area contributed by atoms with E-state index in [0.717, 1.165) is 25.9 Å². The normalized spacial score (nSPS) is 18.8. The van der Waals surface area contributed by atoms with Crippen molar-refractivity contribution < 1.29 is 9.53 Å². The van der Waals surface area contributed by atoms with Crippen molar-refractivity contribution in [3.63, 3.8) is 0 Å². The fourth-order valence-corrected chi connectivity index (χ4v) is 2.59. The molecule has 1 atom stereocenters. The molecule has 1 fully saturated rings. The van der Waals surface area contributed by atoms with Gasteiger partial charge < -0.3 is 15.0 Å². The van der Waals surface area contributed by atoms with E-state index in [-0.39, 0.29) is 12.1 Å². The van der Waals surface area contributed by atoms with Crippen LogP contribution in [-0.4, -0.2) is 31.8 Å². The van der Waals surface area contributed by atoms with E-state index >= 15 is 0 Å². The van der Waals surface area contributed by atoms with Crippen LogP contribution in [0.25, 0.3) is 0 Å². The van der Waals surface area contributed by atoms with E-state index < -0.39 is 0 Å². The first-order chi connectivity index (χ1) is 9.60. The largest absolute Gasteiger partial charge is 0.450 e. The molecule has 1 unspecified atom stereocenters. The number of carbonyl (C=O) groups excluding carboxylic acids is 1. The molecule has 1 aliphatic heterocycles. The van der Waals surface area contributed by atoms with Gasteiger partial charge in [-0.1, -0.05) is 6.07 Å². The molecule has 20 heavy (non-hydrogen) atoms. The zero-order valence-electron chi connectivity index (χ0n) is 12.6. The molecule has 110 valence electrons. The first-order valence-corrected chi connectivity index (χ1v) is 7.35. The predicted octanol–water partition coefficient (Wildman–Crippen LogP) is 3.02. The summed E-state index contributed by atoms with van der Waals surface area (Å²) in [5, 5.41) is 2.94. The molecule has 4 nitrogen and oxygen atoms in total. The van der Waals surface area contributed by atoms with Gasteiger partial charge in [0.05, 0.1) is 6.61 Å². The number of nitrogens with zero attached hydrogens (tertiary/aromatic N) is 1. The highest BCUT2D eigenvalue weighted by Crippen LogP contribution is 2.22. The second kappa shape index (κ2) is 6.64. The lowest BCUT2D eigenvalue weighted by Crippen LogP contribution is -2.48. The number of anilines is 1. The van der Waals surface area contributed by atoms with Crippen molar-refractivity contribution in [1.82, 2.24) is 5.32 Å². The van der Waals surface area contributed by atoms with Gasteiger partial charge in [0.2, 0.25) is 0 Å². The van der Waals surface area contributed by atoms with Crippen LogP contribution in [0.3, 0.4) is 0 Å². The van der Waals surface area contributed by atoms with Crippen molar-refractivity contribution in [1.29, 1.82) is 0 Å². The summed E-state index contributed by atoms with van der Waals surface area (Å²) in [6.07, 6.45) is 1.80. The predicted molar refractivity (Wildman–Crippen MR) is 81.3 cm³/mol. The monoisotopic (exact) mass is 276 g/mol. The van der Waals surface area contributed by atoms with Crippen LogP contribution >= 0.6 is 0 Å². The molecule has 2 rings (SSSR count). The molecule has 1 heterocycles. The van der Waals surface area contributed by atoms with Crippen molar-refractivity contribution in [3.8, 4) is 0 Å². The van der Waals surface area contributed by atoms with Crippen LogP contribution in [-0.2, 0) is 4.74 Å². The Morgan fingerprint density at radius 2 is 2.20 bits per heavy atom. The zero-order chi connectivity index (χ0) is 14.5. The highest BCUT2D eigenvalue weighted by atomic mass is 16.5. The van der Waals surface area contributed by atoms with Gasteiger partial charge in [-0.05, 0) is 56.9 Å². The molecule has 0 aliphatic carbocycles. The maximum atomic E-state index is 11.5. The minimum Gasteiger partial charge on any atom is -0.450 e. The van der Waals surface area contributed by atoms with Crippen LogP contribution in [0.5, 0.6) is 0 Å². The van der Waals surface area contributed by atoms with E-state index in [0.29, 0.717) is 6.61 Å². The van der Waals surface area contributed by atoms with Crippen molar-refractivity contribution in [2.24, 2.45) is 0 Å². The fourth-order valence-electron chi connectivity index (χ4n) is 2.59. The molecule has 1 aliphatic rings. The van der Waals surface area contributed by atoms with Gasteiger partial charge in [0.25, 0.3) is 0 Å². The van der Waals surface area contributed by atoms with Gasteiger partial charge in [-0.25, -0.2) is 4.79 Å². The summed E-state index contributed by atoms with van der Waals surface area (Å²) in [4.78, 5) is 13.8. The Bertz CT molecular complexity index is 474. The van der Waals surface area contributed by atoms with Crippen LogP contribution < -0.4 is 10.2 Å². The average molecular weight is 276 g/mol. The Balaban J connectivity index is 1.99. The third-order valence-electron chi connectivity index (χ3n) is 3.87. The topological polar surface area (TPSA) is 41.6 Å². The Morgan fingerprint density at radius 1 is 1.40 bits per heavy atom. The Labute approximate surface area is 121 Å². The second-order valence-corrected chi connectivity index (χ2v) is 5.42. The average Bonchev–Trinajstić information content (AvgIpc) is 2.42. The molecule has 1 amide bonds. The summed E-state index contributed by atoms with van der Waals surface area (Å²) in [7, 11) is 0. The number of benzene rings is 1. The Hall–Kier alpha value is -1.71. The van der Waals surface area contributed by atoms with Gasteiger partial charge in [-0.15, -0.1) is 0 Å². The lowest BCUT2D eigenvalue weighted by atomic mass is 10.0. The third kappa shape index (κ3) is 3.65. The number of rotatable bonds is 3. The van der Waals surface area contributed by atoms with E-state index in [2.05, 4.69) is 42.3 Å². The number of nitrogens with one attached hydrogen (secondary N) is 1. The van der Waals surface area contributed by atoms with Crippen LogP contribution in [0.4, 0.5) is 10.5 Å². The molecule has 0 aromatic heterocycles. The number of hydrogen-bond acceptors (Lipinski definition) is 3. The molecule has 0 bridgehead atoms. The summed E-state index contributed by atoms with van der Waals surface area (Å²) < 4.78 is 4.95. The van der Waals surface area contributed by atoms with E-state index in [4.69, 9.17) is 4.74 Å². The smallest absolute Gasteiger partial charge is 0.407 e. The second-order valence-electron chi connectivity index (χ2n) is 5.42. The van der Waals surface area contributed by atoms with Crippen molar-refractivity contribution >= 4 is 11.8 Å². The van der Waals surface area contributed by atoms with Crippen LogP contribution in [0.2, 0.25) is 0 Å². The van der Waals surface area contributed by atoms with Gasteiger partial charge in [0.15, 0.2) is 0 Å². The molecular formula is C16H24N2O2. The number of aryl methyl sites for hydroxylation is 2. The first kappa shape index (κ1) is 14.7. The summed E-state index contributed by atoms with van der Waals surface area (Å²) >= 11 is 0. The van der Waals surface area contributed by atoms with Crippen molar-refractivity contribution in [2.45, 2.75) is 39.7 Å². The SMILES string of the molecule is CCOC(=O)NC1CCCN(c2ccc(C)c(C)c2)C1. The summed E-state index contributed by atoms with van der Waals surface area (Å²) in [6, 6.07) is 6.72.